The summed E-state index contributed by atoms with van der Waals surface area (Å²) >= 11 is 0. The monoisotopic (exact) mass is 327 g/mol. The lowest BCUT2D eigenvalue weighted by Crippen LogP contribution is -2.59. The molecule has 130 valence electrons. The van der Waals surface area contributed by atoms with E-state index in [9.17, 15) is 4.79 Å². The fourth-order valence-electron chi connectivity index (χ4n) is 5.85. The highest BCUT2D eigenvalue weighted by Crippen LogP contribution is 2.55. The topological polar surface area (TPSA) is 81.1 Å². The van der Waals surface area contributed by atoms with Gasteiger partial charge < -0.3 is 16.8 Å². The first-order valence-electron chi connectivity index (χ1n) is 9.46. The molecule has 4 aliphatic carbocycles. The van der Waals surface area contributed by atoms with Gasteiger partial charge in [0.15, 0.2) is 0 Å². The van der Waals surface area contributed by atoms with Gasteiger partial charge in [0.1, 0.15) is 0 Å². The zero-order valence-electron chi connectivity index (χ0n) is 14.4. The third-order valence-corrected chi connectivity index (χ3v) is 6.46. The van der Waals surface area contributed by atoms with Crippen molar-refractivity contribution < 1.29 is 4.79 Å². The Bertz CT molecular complexity index is 604. The second kappa shape index (κ2) is 5.98. The minimum Gasteiger partial charge on any atom is -0.397 e. The minimum absolute atomic E-state index is 0.136. The number of hydrogen-bond donors (Lipinski definition) is 3. The second-order valence-corrected chi connectivity index (χ2v) is 8.56. The van der Waals surface area contributed by atoms with Crippen molar-refractivity contribution in [3.63, 3.8) is 0 Å². The molecule has 1 amide bonds. The zero-order chi connectivity index (χ0) is 16.7. The molecule has 0 aromatic heterocycles. The van der Waals surface area contributed by atoms with E-state index in [0.29, 0.717) is 17.8 Å². The number of hydrogen-bond acceptors (Lipinski definition) is 3. The Morgan fingerprint density at radius 1 is 1.04 bits per heavy atom. The van der Waals surface area contributed by atoms with Gasteiger partial charge in [-0.25, -0.2) is 0 Å². The average molecular weight is 327 g/mol. The van der Waals surface area contributed by atoms with Crippen molar-refractivity contribution in [2.24, 2.45) is 17.8 Å². The molecule has 0 heterocycles. The maximum absolute atomic E-state index is 12.5. The first-order chi connectivity index (χ1) is 11.5. The Labute approximate surface area is 144 Å². The number of carbonyl (C=O) groups is 1. The second-order valence-electron chi connectivity index (χ2n) is 8.56. The van der Waals surface area contributed by atoms with Crippen LogP contribution in [-0.4, -0.2) is 11.4 Å². The van der Waals surface area contributed by atoms with Gasteiger partial charge in [-0.2, -0.15) is 0 Å². The summed E-state index contributed by atoms with van der Waals surface area (Å²) in [6, 6.07) is 5.77. The van der Waals surface area contributed by atoms with Crippen LogP contribution in [0.2, 0.25) is 0 Å². The van der Waals surface area contributed by atoms with Gasteiger partial charge in [0.2, 0.25) is 5.91 Å². The third kappa shape index (κ3) is 3.11. The lowest BCUT2D eigenvalue weighted by molar-refractivity contribution is -0.126. The predicted molar refractivity (Wildman–Crippen MR) is 97.3 cm³/mol. The van der Waals surface area contributed by atoms with E-state index in [1.807, 2.05) is 18.2 Å². The van der Waals surface area contributed by atoms with Crippen LogP contribution < -0.4 is 16.8 Å². The number of carbonyl (C=O) groups excluding carboxylic acids is 1. The summed E-state index contributed by atoms with van der Waals surface area (Å²) in [5.41, 5.74) is 14.1. The van der Waals surface area contributed by atoms with E-state index in [0.717, 1.165) is 36.2 Å². The minimum atomic E-state index is 0.136. The Kier molecular flexibility index (Phi) is 3.93. The van der Waals surface area contributed by atoms with Crippen molar-refractivity contribution >= 4 is 17.3 Å². The molecule has 1 aromatic carbocycles. The Hall–Kier alpha value is -1.71. The predicted octanol–water partition coefficient (Wildman–Crippen LogP) is 3.26. The molecule has 0 unspecified atom stereocenters. The van der Waals surface area contributed by atoms with E-state index in [4.69, 9.17) is 11.5 Å². The smallest absolute Gasteiger partial charge is 0.220 e. The van der Waals surface area contributed by atoms with Crippen LogP contribution in [0, 0.1) is 17.8 Å². The molecule has 0 radical (unpaired) electrons. The Balaban J connectivity index is 1.28. The summed E-state index contributed by atoms with van der Waals surface area (Å²) in [6.07, 6.45) is 10.2. The molecule has 4 fully saturated rings. The van der Waals surface area contributed by atoms with Crippen LogP contribution in [0.4, 0.5) is 11.4 Å². The van der Waals surface area contributed by atoms with Gasteiger partial charge in [-0.05, 0) is 86.8 Å². The van der Waals surface area contributed by atoms with Crippen LogP contribution in [0.15, 0.2) is 18.2 Å². The molecule has 0 atom stereocenters. The quantitative estimate of drug-likeness (QED) is 0.726. The van der Waals surface area contributed by atoms with Crippen LogP contribution in [-0.2, 0) is 11.2 Å². The van der Waals surface area contributed by atoms with Crippen LogP contribution in [0.1, 0.15) is 56.9 Å². The van der Waals surface area contributed by atoms with Crippen molar-refractivity contribution in [1.82, 2.24) is 5.32 Å². The molecule has 24 heavy (non-hydrogen) atoms. The lowest BCUT2D eigenvalue weighted by atomic mass is 9.53. The number of rotatable bonds is 5. The summed E-state index contributed by atoms with van der Waals surface area (Å²) < 4.78 is 0. The van der Waals surface area contributed by atoms with Crippen LogP contribution >= 0.6 is 0 Å². The maximum Gasteiger partial charge on any atom is 0.220 e. The van der Waals surface area contributed by atoms with Crippen molar-refractivity contribution in [2.45, 2.75) is 63.3 Å². The SMILES string of the molecule is Nc1ccc(CCCC(=O)NC23CC4CC(CC(C4)C2)C3)cc1N. The molecule has 4 aliphatic rings. The van der Waals surface area contributed by atoms with Crippen LogP contribution in [0.25, 0.3) is 0 Å². The molecule has 4 bridgehead atoms. The molecule has 4 saturated carbocycles. The van der Waals surface area contributed by atoms with Gasteiger partial charge >= 0.3 is 0 Å². The highest BCUT2D eigenvalue weighted by Gasteiger charge is 2.51. The number of nitrogens with two attached hydrogens (primary N) is 2. The molecular weight excluding hydrogens is 298 g/mol. The van der Waals surface area contributed by atoms with E-state index in [-0.39, 0.29) is 11.4 Å². The normalized spacial score (nSPS) is 33.6. The molecule has 1 aromatic rings. The van der Waals surface area contributed by atoms with Crippen molar-refractivity contribution in [3.05, 3.63) is 23.8 Å². The molecular formula is C20H29N3O. The third-order valence-electron chi connectivity index (χ3n) is 6.46. The summed E-state index contributed by atoms with van der Waals surface area (Å²) in [7, 11) is 0. The summed E-state index contributed by atoms with van der Waals surface area (Å²) in [5.74, 6) is 2.85. The summed E-state index contributed by atoms with van der Waals surface area (Å²) in [4.78, 5) is 12.5. The van der Waals surface area contributed by atoms with Crippen molar-refractivity contribution in [3.8, 4) is 0 Å². The van der Waals surface area contributed by atoms with Gasteiger partial charge in [-0.15, -0.1) is 0 Å². The number of benzene rings is 1. The van der Waals surface area contributed by atoms with Crippen LogP contribution in [0.5, 0.6) is 0 Å². The van der Waals surface area contributed by atoms with Gasteiger partial charge in [0.25, 0.3) is 0 Å². The van der Waals surface area contributed by atoms with Gasteiger partial charge in [0, 0.05) is 12.0 Å². The van der Waals surface area contributed by atoms with Gasteiger partial charge in [-0.3, -0.25) is 4.79 Å². The molecule has 5 rings (SSSR count). The standard InChI is InChI=1S/C20H29N3O/c21-17-5-4-13(9-18(17)22)2-1-3-19(24)23-20-10-14-6-15(11-20)8-16(7-14)12-20/h4-5,9,14-16H,1-3,6-8,10-12,21-22H2,(H,23,24). The van der Waals surface area contributed by atoms with E-state index in [1.165, 1.54) is 38.5 Å². The average Bonchev–Trinajstić information content (AvgIpc) is 2.49. The Morgan fingerprint density at radius 3 is 2.25 bits per heavy atom. The fourth-order valence-corrected chi connectivity index (χ4v) is 5.85. The van der Waals surface area contributed by atoms with Crippen LogP contribution in [0.3, 0.4) is 0 Å². The first-order valence-corrected chi connectivity index (χ1v) is 9.46. The van der Waals surface area contributed by atoms with Gasteiger partial charge in [-0.1, -0.05) is 6.07 Å². The first kappa shape index (κ1) is 15.8. The Morgan fingerprint density at radius 2 is 1.67 bits per heavy atom. The van der Waals surface area contributed by atoms with E-state index in [2.05, 4.69) is 5.32 Å². The highest BCUT2D eigenvalue weighted by atomic mass is 16.1. The fraction of sp³-hybridized carbons (Fsp3) is 0.650. The molecule has 4 nitrogen and oxygen atoms in total. The van der Waals surface area contributed by atoms with Gasteiger partial charge in [0.05, 0.1) is 11.4 Å². The number of amides is 1. The molecule has 0 spiro atoms. The highest BCUT2D eigenvalue weighted by molar-refractivity contribution is 5.77. The molecule has 4 heteroatoms. The largest absolute Gasteiger partial charge is 0.397 e. The van der Waals surface area contributed by atoms with E-state index < -0.39 is 0 Å². The molecule has 0 aliphatic heterocycles. The summed E-state index contributed by atoms with van der Waals surface area (Å²) in [5, 5.41) is 3.45. The zero-order valence-corrected chi connectivity index (χ0v) is 14.4. The number of nitrogen functional groups attached to an aromatic ring is 2. The van der Waals surface area contributed by atoms with Crippen molar-refractivity contribution in [1.29, 1.82) is 0 Å². The molecule has 0 saturated heterocycles. The van der Waals surface area contributed by atoms with E-state index in [1.54, 1.807) is 0 Å². The number of nitrogens with one attached hydrogen (secondary N) is 1. The molecule has 5 N–H and O–H groups in total. The number of anilines is 2. The summed E-state index contributed by atoms with van der Waals surface area (Å²) in [6.45, 7) is 0. The number of aryl methyl sites for hydroxylation is 1. The maximum atomic E-state index is 12.5. The van der Waals surface area contributed by atoms with E-state index >= 15 is 0 Å². The lowest BCUT2D eigenvalue weighted by Gasteiger charge is -2.56. The van der Waals surface area contributed by atoms with Crippen molar-refractivity contribution in [2.75, 3.05) is 11.5 Å².